The molecule has 0 aliphatic rings. The highest BCUT2D eigenvalue weighted by molar-refractivity contribution is 5.97. The summed E-state index contributed by atoms with van der Waals surface area (Å²) in [6.45, 7) is 0. The van der Waals surface area contributed by atoms with Gasteiger partial charge in [0.15, 0.2) is 0 Å². The Morgan fingerprint density at radius 3 is 2.40 bits per heavy atom. The highest BCUT2D eigenvalue weighted by Crippen LogP contribution is 2.36. The van der Waals surface area contributed by atoms with E-state index in [1.807, 2.05) is 78.9 Å². The van der Waals surface area contributed by atoms with Gasteiger partial charge < -0.3 is 10.3 Å². The summed E-state index contributed by atoms with van der Waals surface area (Å²) in [5, 5.41) is 5.31. The number of benzene rings is 2. The Kier molecular flexibility index (Phi) is 4.54. The summed E-state index contributed by atoms with van der Waals surface area (Å²) in [7, 11) is 0. The first-order chi connectivity index (χ1) is 14.8. The second-order valence-electron chi connectivity index (χ2n) is 6.87. The zero-order valence-corrected chi connectivity index (χ0v) is 16.0. The zero-order valence-electron chi connectivity index (χ0n) is 16.0. The molecule has 5 rings (SSSR count). The predicted molar refractivity (Wildman–Crippen MR) is 121 cm³/mol. The van der Waals surface area contributed by atoms with Crippen molar-refractivity contribution < 1.29 is 0 Å². The van der Waals surface area contributed by atoms with E-state index in [1.54, 1.807) is 18.6 Å². The molecule has 0 aliphatic heterocycles. The summed E-state index contributed by atoms with van der Waals surface area (Å²) in [4.78, 5) is 24.8. The third kappa shape index (κ3) is 3.22. The molecule has 0 unspecified atom stereocenters. The lowest BCUT2D eigenvalue weighted by molar-refractivity contribution is 1.21. The molecular weight excluding hydrogens is 372 g/mol. The van der Waals surface area contributed by atoms with Crippen molar-refractivity contribution in [3.63, 3.8) is 0 Å². The van der Waals surface area contributed by atoms with Gasteiger partial charge in [0.1, 0.15) is 11.5 Å². The second-order valence-corrected chi connectivity index (χ2v) is 6.87. The molecular formula is C25H18N4O. The minimum Gasteiger partial charge on any atom is -0.335 e. The van der Waals surface area contributed by atoms with Crippen LogP contribution in [-0.4, -0.2) is 15.0 Å². The summed E-state index contributed by atoms with van der Waals surface area (Å²) in [5.41, 5.74) is 3.54. The van der Waals surface area contributed by atoms with Gasteiger partial charge in [0.25, 0.3) is 5.56 Å². The number of nitrogens with zero attached hydrogens (tertiary/aromatic N) is 2. The lowest BCUT2D eigenvalue weighted by atomic mass is 9.97. The van der Waals surface area contributed by atoms with Gasteiger partial charge in [-0.15, -0.1) is 0 Å². The lowest BCUT2D eigenvalue weighted by Gasteiger charge is -2.16. The number of nitrogens with one attached hydrogen (secondary N) is 2. The van der Waals surface area contributed by atoms with Gasteiger partial charge in [-0.3, -0.25) is 9.78 Å². The van der Waals surface area contributed by atoms with Gasteiger partial charge >= 0.3 is 0 Å². The SMILES string of the molecule is O=c1[nH]cc(-c2ccccn2)c(-c2ccccc2)c1Nc1nccc2ccccc12. The molecule has 0 saturated heterocycles. The third-order valence-electron chi connectivity index (χ3n) is 5.01. The van der Waals surface area contributed by atoms with Crippen molar-refractivity contribution in [3.05, 3.63) is 108 Å². The van der Waals surface area contributed by atoms with Gasteiger partial charge in [-0.2, -0.15) is 0 Å². The topological polar surface area (TPSA) is 70.7 Å². The van der Waals surface area contributed by atoms with Crippen molar-refractivity contribution in [1.82, 2.24) is 15.0 Å². The van der Waals surface area contributed by atoms with Crippen molar-refractivity contribution in [1.29, 1.82) is 0 Å². The van der Waals surface area contributed by atoms with Crippen LogP contribution in [0, 0.1) is 0 Å². The number of fused-ring (bicyclic) bond motifs is 1. The van der Waals surface area contributed by atoms with E-state index < -0.39 is 0 Å². The smallest absolute Gasteiger partial charge is 0.272 e. The van der Waals surface area contributed by atoms with Crippen LogP contribution in [0.1, 0.15) is 0 Å². The number of anilines is 2. The molecule has 3 aromatic heterocycles. The number of rotatable bonds is 4. The summed E-state index contributed by atoms with van der Waals surface area (Å²) < 4.78 is 0. The monoisotopic (exact) mass is 390 g/mol. The van der Waals surface area contributed by atoms with E-state index in [4.69, 9.17) is 0 Å². The van der Waals surface area contributed by atoms with Crippen molar-refractivity contribution in [2.45, 2.75) is 0 Å². The molecule has 0 atom stereocenters. The van der Waals surface area contributed by atoms with E-state index in [2.05, 4.69) is 20.3 Å². The number of pyridine rings is 3. The maximum Gasteiger partial charge on any atom is 0.272 e. The maximum atomic E-state index is 13.0. The molecule has 5 aromatic rings. The normalized spacial score (nSPS) is 10.8. The Balaban J connectivity index is 1.76. The molecule has 2 aromatic carbocycles. The van der Waals surface area contributed by atoms with Crippen molar-refractivity contribution in [2.24, 2.45) is 0 Å². The lowest BCUT2D eigenvalue weighted by Crippen LogP contribution is -2.14. The Hall–Kier alpha value is -4.25. The predicted octanol–water partition coefficient (Wildman–Crippen LogP) is 5.40. The molecule has 0 spiro atoms. The van der Waals surface area contributed by atoms with Crippen LogP contribution in [-0.2, 0) is 0 Å². The fraction of sp³-hybridized carbons (Fsp3) is 0. The number of H-pyrrole nitrogens is 1. The van der Waals surface area contributed by atoms with Crippen LogP contribution in [0.4, 0.5) is 11.5 Å². The molecule has 0 fully saturated rings. The largest absolute Gasteiger partial charge is 0.335 e. The summed E-state index contributed by atoms with van der Waals surface area (Å²) in [6, 6.07) is 25.5. The van der Waals surface area contributed by atoms with Gasteiger partial charge in [-0.05, 0) is 29.1 Å². The van der Waals surface area contributed by atoms with E-state index in [0.717, 1.165) is 33.2 Å². The van der Waals surface area contributed by atoms with Crippen LogP contribution in [0.25, 0.3) is 33.2 Å². The molecule has 5 heteroatoms. The van der Waals surface area contributed by atoms with E-state index in [-0.39, 0.29) is 5.56 Å². The number of aromatic amines is 1. The first-order valence-corrected chi connectivity index (χ1v) is 9.64. The van der Waals surface area contributed by atoms with Gasteiger partial charge in [0, 0.05) is 35.1 Å². The zero-order chi connectivity index (χ0) is 20.3. The molecule has 0 bridgehead atoms. The van der Waals surface area contributed by atoms with Crippen LogP contribution in [0.5, 0.6) is 0 Å². The highest BCUT2D eigenvalue weighted by Gasteiger charge is 2.18. The van der Waals surface area contributed by atoms with Crippen LogP contribution < -0.4 is 10.9 Å². The molecule has 2 N–H and O–H groups in total. The first-order valence-electron chi connectivity index (χ1n) is 9.64. The average Bonchev–Trinajstić information content (AvgIpc) is 2.81. The number of aromatic nitrogens is 3. The van der Waals surface area contributed by atoms with E-state index in [1.165, 1.54) is 0 Å². The van der Waals surface area contributed by atoms with Crippen LogP contribution in [0.2, 0.25) is 0 Å². The van der Waals surface area contributed by atoms with Crippen LogP contribution in [0.3, 0.4) is 0 Å². The van der Waals surface area contributed by atoms with E-state index in [0.29, 0.717) is 11.5 Å². The van der Waals surface area contributed by atoms with Crippen LogP contribution in [0.15, 0.2) is 102 Å². The Labute approximate surface area is 173 Å². The molecule has 3 heterocycles. The molecule has 144 valence electrons. The molecule has 0 saturated carbocycles. The van der Waals surface area contributed by atoms with Crippen LogP contribution >= 0.6 is 0 Å². The van der Waals surface area contributed by atoms with E-state index in [9.17, 15) is 4.79 Å². The summed E-state index contributed by atoms with van der Waals surface area (Å²) in [6.07, 6.45) is 5.20. The van der Waals surface area contributed by atoms with Gasteiger partial charge in [0.2, 0.25) is 0 Å². The molecule has 0 amide bonds. The second kappa shape index (κ2) is 7.64. The Morgan fingerprint density at radius 1 is 0.767 bits per heavy atom. The Bertz CT molecular complexity index is 1370. The first kappa shape index (κ1) is 17.8. The molecule has 5 nitrogen and oxygen atoms in total. The van der Waals surface area contributed by atoms with E-state index >= 15 is 0 Å². The fourth-order valence-electron chi connectivity index (χ4n) is 3.62. The Morgan fingerprint density at radius 2 is 1.57 bits per heavy atom. The fourth-order valence-corrected chi connectivity index (χ4v) is 3.62. The highest BCUT2D eigenvalue weighted by atomic mass is 16.1. The minimum absolute atomic E-state index is 0.219. The standard InChI is InChI=1S/C25H18N4O/c30-25-23(29-24-19-11-5-4-8-17(19)13-15-27-24)22(18-9-2-1-3-10-18)20(16-28-25)21-12-6-7-14-26-21/h1-16H,(H,27,29)(H,28,30). The summed E-state index contributed by atoms with van der Waals surface area (Å²) in [5.74, 6) is 0.633. The van der Waals surface area contributed by atoms with Gasteiger partial charge in [-0.25, -0.2) is 4.98 Å². The third-order valence-corrected chi connectivity index (χ3v) is 5.01. The van der Waals surface area contributed by atoms with Crippen molar-refractivity contribution >= 4 is 22.3 Å². The maximum absolute atomic E-state index is 13.0. The minimum atomic E-state index is -0.219. The molecule has 0 radical (unpaired) electrons. The average molecular weight is 390 g/mol. The van der Waals surface area contributed by atoms with Crippen molar-refractivity contribution in [3.8, 4) is 22.4 Å². The number of hydrogen-bond acceptors (Lipinski definition) is 4. The van der Waals surface area contributed by atoms with Crippen molar-refractivity contribution in [2.75, 3.05) is 5.32 Å². The van der Waals surface area contributed by atoms with Gasteiger partial charge in [0.05, 0.1) is 5.69 Å². The summed E-state index contributed by atoms with van der Waals surface area (Å²) >= 11 is 0. The number of hydrogen-bond donors (Lipinski definition) is 2. The molecule has 30 heavy (non-hydrogen) atoms. The molecule has 0 aliphatic carbocycles. The van der Waals surface area contributed by atoms with Gasteiger partial charge in [-0.1, -0.05) is 60.7 Å². The quantitative estimate of drug-likeness (QED) is 0.431.